The van der Waals surface area contributed by atoms with Gasteiger partial charge in [-0.25, -0.2) is 0 Å². The van der Waals surface area contributed by atoms with Gasteiger partial charge in [0, 0.05) is 31.5 Å². The molecule has 1 N–H and O–H groups in total. The summed E-state index contributed by atoms with van der Waals surface area (Å²) < 4.78 is 7.36. The molecule has 4 heteroatoms. The molecule has 1 amide bonds. The summed E-state index contributed by atoms with van der Waals surface area (Å²) in [5, 5.41) is 4.22. The van der Waals surface area contributed by atoms with Gasteiger partial charge in [-0.05, 0) is 31.4 Å². The molecule has 1 atom stereocenters. The van der Waals surface area contributed by atoms with Crippen LogP contribution in [0.4, 0.5) is 0 Å². The molecule has 1 saturated heterocycles. The van der Waals surface area contributed by atoms with Gasteiger partial charge in [0.2, 0.25) is 0 Å². The first kappa shape index (κ1) is 14.1. The summed E-state index contributed by atoms with van der Waals surface area (Å²) in [6.45, 7) is 6.37. The van der Waals surface area contributed by atoms with Crippen LogP contribution in [0.2, 0.25) is 0 Å². The van der Waals surface area contributed by atoms with Crippen molar-refractivity contribution in [3.05, 3.63) is 35.0 Å². The van der Waals surface area contributed by atoms with Crippen LogP contribution < -0.4 is 5.32 Å². The van der Waals surface area contributed by atoms with E-state index < -0.39 is 0 Å². The van der Waals surface area contributed by atoms with Crippen LogP contribution in [0.25, 0.3) is 10.9 Å². The maximum absolute atomic E-state index is 12.6. The van der Waals surface area contributed by atoms with E-state index in [0.29, 0.717) is 12.5 Å². The van der Waals surface area contributed by atoms with Crippen LogP contribution >= 0.6 is 0 Å². The van der Waals surface area contributed by atoms with Crippen molar-refractivity contribution in [3.8, 4) is 0 Å². The quantitative estimate of drug-likeness (QED) is 0.942. The number of carbonyl (C=O) groups is 1. The molecule has 0 aliphatic carbocycles. The zero-order valence-corrected chi connectivity index (χ0v) is 12.9. The minimum atomic E-state index is 0.0116. The third kappa shape index (κ3) is 2.44. The molecule has 0 radical (unpaired) electrons. The van der Waals surface area contributed by atoms with Crippen molar-refractivity contribution in [1.82, 2.24) is 9.88 Å². The Labute approximate surface area is 125 Å². The number of para-hydroxylation sites is 1. The number of nitrogens with one attached hydrogen (secondary N) is 1. The molecule has 1 aliphatic rings. The summed E-state index contributed by atoms with van der Waals surface area (Å²) in [4.78, 5) is 12.6. The molecule has 2 aromatic rings. The molecule has 3 rings (SSSR count). The second-order valence-corrected chi connectivity index (χ2v) is 5.94. The number of hydrogen-bond acceptors (Lipinski definition) is 2. The number of nitrogens with zero attached hydrogens (tertiary/aromatic N) is 1. The Morgan fingerprint density at radius 1 is 1.43 bits per heavy atom. The van der Waals surface area contributed by atoms with Gasteiger partial charge in [0.05, 0.1) is 12.1 Å². The molecule has 0 bridgehead atoms. The van der Waals surface area contributed by atoms with E-state index in [1.54, 1.807) is 0 Å². The normalized spacial score (nSPS) is 18.3. The fourth-order valence-corrected chi connectivity index (χ4v) is 3.29. The van der Waals surface area contributed by atoms with Crippen molar-refractivity contribution in [2.75, 3.05) is 19.8 Å². The Morgan fingerprint density at radius 3 is 2.90 bits per heavy atom. The molecule has 0 spiro atoms. The van der Waals surface area contributed by atoms with E-state index in [0.717, 1.165) is 41.8 Å². The molecule has 1 aromatic carbocycles. The molecule has 112 valence electrons. The number of aromatic nitrogens is 1. The number of carbonyl (C=O) groups excluding carboxylic acids is 1. The Kier molecular flexibility index (Phi) is 3.72. The van der Waals surface area contributed by atoms with E-state index in [1.165, 1.54) is 5.56 Å². The smallest absolute Gasteiger partial charge is 0.268 e. The maximum atomic E-state index is 12.6. The minimum absolute atomic E-state index is 0.0116. The van der Waals surface area contributed by atoms with Crippen LogP contribution in [0, 0.1) is 19.8 Å². The summed E-state index contributed by atoms with van der Waals surface area (Å²) in [6, 6.07) is 6.21. The highest BCUT2D eigenvalue weighted by Crippen LogP contribution is 2.27. The highest BCUT2D eigenvalue weighted by atomic mass is 16.5. The number of rotatable bonds is 3. The van der Waals surface area contributed by atoms with E-state index in [1.807, 2.05) is 24.6 Å². The first-order valence-electron chi connectivity index (χ1n) is 7.50. The highest BCUT2D eigenvalue weighted by Gasteiger charge is 2.21. The molecule has 2 heterocycles. The Balaban J connectivity index is 1.89. The van der Waals surface area contributed by atoms with Crippen LogP contribution in [-0.4, -0.2) is 30.2 Å². The summed E-state index contributed by atoms with van der Waals surface area (Å²) in [6.07, 6.45) is 1.04. The SMILES string of the molecule is Cc1c(C(=O)NCC2CCOC2)n(C)c2c(C)cccc12. The fourth-order valence-electron chi connectivity index (χ4n) is 3.29. The van der Waals surface area contributed by atoms with Crippen LogP contribution in [0.3, 0.4) is 0 Å². The first-order valence-corrected chi connectivity index (χ1v) is 7.50. The zero-order chi connectivity index (χ0) is 15.0. The van der Waals surface area contributed by atoms with Crippen molar-refractivity contribution in [2.24, 2.45) is 13.0 Å². The number of amides is 1. The van der Waals surface area contributed by atoms with Crippen LogP contribution in [-0.2, 0) is 11.8 Å². The average molecular weight is 286 g/mol. The van der Waals surface area contributed by atoms with Gasteiger partial charge in [0.25, 0.3) is 5.91 Å². The highest BCUT2D eigenvalue weighted by molar-refractivity contribution is 6.02. The fraction of sp³-hybridized carbons (Fsp3) is 0.471. The van der Waals surface area contributed by atoms with Crippen molar-refractivity contribution < 1.29 is 9.53 Å². The number of aryl methyl sites for hydroxylation is 3. The molecular formula is C17H22N2O2. The van der Waals surface area contributed by atoms with Crippen LogP contribution in [0.5, 0.6) is 0 Å². The van der Waals surface area contributed by atoms with Crippen molar-refractivity contribution >= 4 is 16.8 Å². The molecule has 0 saturated carbocycles. The molecule has 1 aromatic heterocycles. The van der Waals surface area contributed by atoms with Crippen LogP contribution in [0.15, 0.2) is 18.2 Å². The number of hydrogen-bond donors (Lipinski definition) is 1. The lowest BCUT2D eigenvalue weighted by Crippen LogP contribution is -2.31. The van der Waals surface area contributed by atoms with Gasteiger partial charge in [-0.15, -0.1) is 0 Å². The number of fused-ring (bicyclic) bond motifs is 1. The van der Waals surface area contributed by atoms with Gasteiger partial charge in [-0.1, -0.05) is 18.2 Å². The molecule has 1 fully saturated rings. The molecular weight excluding hydrogens is 264 g/mol. The van der Waals surface area contributed by atoms with Gasteiger partial charge in [0.15, 0.2) is 0 Å². The van der Waals surface area contributed by atoms with E-state index in [-0.39, 0.29) is 5.91 Å². The van der Waals surface area contributed by atoms with E-state index >= 15 is 0 Å². The summed E-state index contributed by atoms with van der Waals surface area (Å²) >= 11 is 0. The monoisotopic (exact) mass is 286 g/mol. The number of ether oxygens (including phenoxy) is 1. The lowest BCUT2D eigenvalue weighted by molar-refractivity contribution is 0.0936. The van der Waals surface area contributed by atoms with E-state index in [2.05, 4.69) is 24.4 Å². The second-order valence-electron chi connectivity index (χ2n) is 5.94. The summed E-state index contributed by atoms with van der Waals surface area (Å²) in [7, 11) is 1.97. The zero-order valence-electron chi connectivity index (χ0n) is 12.9. The molecule has 1 unspecified atom stereocenters. The lowest BCUT2D eigenvalue weighted by atomic mass is 10.1. The van der Waals surface area contributed by atoms with E-state index in [4.69, 9.17) is 4.74 Å². The summed E-state index contributed by atoms with van der Waals surface area (Å²) in [5.41, 5.74) is 4.15. The predicted molar refractivity (Wildman–Crippen MR) is 83.7 cm³/mol. The third-order valence-corrected chi connectivity index (χ3v) is 4.46. The van der Waals surface area contributed by atoms with Crippen LogP contribution in [0.1, 0.15) is 28.0 Å². The van der Waals surface area contributed by atoms with Gasteiger partial charge < -0.3 is 14.6 Å². The van der Waals surface area contributed by atoms with Gasteiger partial charge in [-0.3, -0.25) is 4.79 Å². The second kappa shape index (κ2) is 5.53. The standard InChI is InChI=1S/C17H22N2O2/c1-11-5-4-6-14-12(2)16(19(3)15(11)14)17(20)18-9-13-7-8-21-10-13/h4-6,13H,7-10H2,1-3H3,(H,18,20). The molecule has 4 nitrogen and oxygen atoms in total. The average Bonchev–Trinajstić information content (AvgIpc) is 3.05. The Hall–Kier alpha value is -1.81. The van der Waals surface area contributed by atoms with Crippen molar-refractivity contribution in [1.29, 1.82) is 0 Å². The first-order chi connectivity index (χ1) is 10.1. The maximum Gasteiger partial charge on any atom is 0.268 e. The third-order valence-electron chi connectivity index (χ3n) is 4.46. The Bertz CT molecular complexity index is 682. The van der Waals surface area contributed by atoms with Gasteiger partial charge >= 0.3 is 0 Å². The van der Waals surface area contributed by atoms with Crippen molar-refractivity contribution in [2.45, 2.75) is 20.3 Å². The topological polar surface area (TPSA) is 43.3 Å². The Morgan fingerprint density at radius 2 is 2.24 bits per heavy atom. The van der Waals surface area contributed by atoms with Crippen molar-refractivity contribution in [3.63, 3.8) is 0 Å². The minimum Gasteiger partial charge on any atom is -0.381 e. The molecule has 1 aliphatic heterocycles. The summed E-state index contributed by atoms with van der Waals surface area (Å²) in [5.74, 6) is 0.461. The number of benzene rings is 1. The lowest BCUT2D eigenvalue weighted by Gasteiger charge is -2.11. The predicted octanol–water partition coefficient (Wildman–Crippen LogP) is 2.56. The van der Waals surface area contributed by atoms with E-state index in [9.17, 15) is 4.79 Å². The van der Waals surface area contributed by atoms with Gasteiger partial charge in [0.1, 0.15) is 5.69 Å². The van der Waals surface area contributed by atoms with Gasteiger partial charge in [-0.2, -0.15) is 0 Å². The molecule has 21 heavy (non-hydrogen) atoms. The largest absolute Gasteiger partial charge is 0.381 e.